The number of para-hydroxylation sites is 1. The number of hydrogen-bond acceptors (Lipinski definition) is 3. The topological polar surface area (TPSA) is 67.4 Å². The predicted octanol–water partition coefficient (Wildman–Crippen LogP) is 1.51. The van der Waals surface area contributed by atoms with Crippen molar-refractivity contribution in [3.63, 3.8) is 0 Å². The van der Waals surface area contributed by atoms with Gasteiger partial charge in [-0.2, -0.15) is 0 Å². The van der Waals surface area contributed by atoms with Gasteiger partial charge in [-0.05, 0) is 24.0 Å². The Morgan fingerprint density at radius 2 is 2.05 bits per heavy atom. The molecule has 120 valence electrons. The zero-order valence-corrected chi connectivity index (χ0v) is 13.4. The SMILES string of the molecule is CC(=O)NC(C(=O)NCC1COc2ccccc2C1)C(C)C. The summed E-state index contributed by atoms with van der Waals surface area (Å²) in [4.78, 5) is 23.4. The first-order valence-corrected chi connectivity index (χ1v) is 7.73. The van der Waals surface area contributed by atoms with Gasteiger partial charge in [-0.15, -0.1) is 0 Å². The van der Waals surface area contributed by atoms with Crippen LogP contribution in [-0.4, -0.2) is 31.0 Å². The van der Waals surface area contributed by atoms with E-state index in [2.05, 4.69) is 16.7 Å². The molecule has 2 amide bonds. The second-order valence-electron chi connectivity index (χ2n) is 6.16. The highest BCUT2D eigenvalue weighted by atomic mass is 16.5. The van der Waals surface area contributed by atoms with E-state index in [1.807, 2.05) is 32.0 Å². The second kappa shape index (κ2) is 7.29. The number of carbonyl (C=O) groups is 2. The van der Waals surface area contributed by atoms with Crippen LogP contribution in [0.1, 0.15) is 26.3 Å². The van der Waals surface area contributed by atoms with Gasteiger partial charge in [0.2, 0.25) is 11.8 Å². The lowest BCUT2D eigenvalue weighted by Gasteiger charge is -2.27. The van der Waals surface area contributed by atoms with E-state index >= 15 is 0 Å². The molecule has 1 heterocycles. The van der Waals surface area contributed by atoms with Crippen LogP contribution in [0.2, 0.25) is 0 Å². The summed E-state index contributed by atoms with van der Waals surface area (Å²) in [5.41, 5.74) is 1.18. The van der Waals surface area contributed by atoms with E-state index in [0.717, 1.165) is 12.2 Å². The number of fused-ring (bicyclic) bond motifs is 1. The highest BCUT2D eigenvalue weighted by molar-refractivity contribution is 5.87. The van der Waals surface area contributed by atoms with E-state index in [4.69, 9.17) is 4.74 Å². The lowest BCUT2D eigenvalue weighted by molar-refractivity contribution is -0.129. The Balaban J connectivity index is 1.87. The molecule has 5 nitrogen and oxygen atoms in total. The minimum atomic E-state index is -0.491. The molecule has 0 bridgehead atoms. The lowest BCUT2D eigenvalue weighted by Crippen LogP contribution is -2.50. The highest BCUT2D eigenvalue weighted by Gasteiger charge is 2.25. The monoisotopic (exact) mass is 304 g/mol. The van der Waals surface area contributed by atoms with Gasteiger partial charge in [-0.25, -0.2) is 0 Å². The number of rotatable bonds is 5. The third-order valence-corrected chi connectivity index (χ3v) is 3.83. The zero-order chi connectivity index (χ0) is 16.1. The van der Waals surface area contributed by atoms with E-state index in [1.165, 1.54) is 12.5 Å². The largest absolute Gasteiger partial charge is 0.493 e. The Hall–Kier alpha value is -2.04. The van der Waals surface area contributed by atoms with Crippen molar-refractivity contribution >= 4 is 11.8 Å². The minimum absolute atomic E-state index is 0.0484. The molecule has 1 aliphatic heterocycles. The number of benzene rings is 1. The number of amides is 2. The maximum atomic E-state index is 12.2. The van der Waals surface area contributed by atoms with Gasteiger partial charge in [0.25, 0.3) is 0 Å². The molecular weight excluding hydrogens is 280 g/mol. The van der Waals surface area contributed by atoms with Crippen LogP contribution in [0.4, 0.5) is 0 Å². The summed E-state index contributed by atoms with van der Waals surface area (Å²) in [6.07, 6.45) is 0.892. The Kier molecular flexibility index (Phi) is 5.41. The molecule has 2 rings (SSSR count). The van der Waals surface area contributed by atoms with Gasteiger partial charge in [0.1, 0.15) is 11.8 Å². The fraction of sp³-hybridized carbons (Fsp3) is 0.529. The molecule has 0 radical (unpaired) electrons. The van der Waals surface area contributed by atoms with E-state index < -0.39 is 6.04 Å². The van der Waals surface area contributed by atoms with Crippen LogP contribution in [-0.2, 0) is 16.0 Å². The third kappa shape index (κ3) is 4.23. The second-order valence-corrected chi connectivity index (χ2v) is 6.16. The molecule has 0 saturated heterocycles. The molecule has 1 aliphatic rings. The van der Waals surface area contributed by atoms with Crippen LogP contribution in [0.5, 0.6) is 5.75 Å². The summed E-state index contributed by atoms with van der Waals surface area (Å²) < 4.78 is 5.72. The Bertz CT molecular complexity index is 542. The van der Waals surface area contributed by atoms with Crippen molar-refractivity contribution in [3.8, 4) is 5.75 Å². The average Bonchev–Trinajstić information content (AvgIpc) is 2.49. The molecule has 5 heteroatoms. The van der Waals surface area contributed by atoms with E-state index in [-0.39, 0.29) is 23.7 Å². The molecule has 0 spiro atoms. The molecule has 2 N–H and O–H groups in total. The summed E-state index contributed by atoms with van der Waals surface area (Å²) >= 11 is 0. The van der Waals surface area contributed by atoms with Gasteiger partial charge < -0.3 is 15.4 Å². The number of nitrogens with one attached hydrogen (secondary N) is 2. The molecule has 0 saturated carbocycles. The summed E-state index contributed by atoms with van der Waals surface area (Å²) in [6, 6.07) is 7.48. The number of ether oxygens (including phenoxy) is 1. The number of carbonyl (C=O) groups excluding carboxylic acids is 2. The van der Waals surface area contributed by atoms with Gasteiger partial charge >= 0.3 is 0 Å². The summed E-state index contributed by atoms with van der Waals surface area (Å²) in [5, 5.41) is 5.64. The molecule has 0 fully saturated rings. The van der Waals surface area contributed by atoms with Crippen LogP contribution in [0.25, 0.3) is 0 Å². The van der Waals surface area contributed by atoms with Crippen molar-refractivity contribution in [3.05, 3.63) is 29.8 Å². The molecule has 1 aromatic rings. The first-order chi connectivity index (χ1) is 10.5. The average molecular weight is 304 g/mol. The van der Waals surface area contributed by atoms with E-state index in [9.17, 15) is 9.59 Å². The summed E-state index contributed by atoms with van der Waals surface area (Å²) in [7, 11) is 0. The van der Waals surface area contributed by atoms with Gasteiger partial charge in [0, 0.05) is 19.4 Å². The van der Waals surface area contributed by atoms with Crippen LogP contribution in [0.15, 0.2) is 24.3 Å². The molecule has 1 aromatic carbocycles. The molecule has 0 aliphatic carbocycles. The van der Waals surface area contributed by atoms with Gasteiger partial charge in [-0.3, -0.25) is 9.59 Å². The van der Waals surface area contributed by atoms with Crippen molar-refractivity contribution in [2.45, 2.75) is 33.2 Å². The Morgan fingerprint density at radius 1 is 1.32 bits per heavy atom. The standard InChI is InChI=1S/C17H24N2O3/c1-11(2)16(19-12(3)20)17(21)18-9-13-8-14-6-4-5-7-15(14)22-10-13/h4-7,11,13,16H,8-10H2,1-3H3,(H,18,21)(H,19,20). The maximum Gasteiger partial charge on any atom is 0.242 e. The zero-order valence-electron chi connectivity index (χ0n) is 13.4. The van der Waals surface area contributed by atoms with Crippen molar-refractivity contribution in [2.75, 3.05) is 13.2 Å². The summed E-state index contributed by atoms with van der Waals surface area (Å²) in [5.74, 6) is 0.910. The smallest absolute Gasteiger partial charge is 0.242 e. The van der Waals surface area contributed by atoms with Crippen LogP contribution in [0.3, 0.4) is 0 Å². The first-order valence-electron chi connectivity index (χ1n) is 7.73. The molecular formula is C17H24N2O3. The minimum Gasteiger partial charge on any atom is -0.493 e. The summed E-state index contributed by atoms with van der Waals surface area (Å²) in [6.45, 7) is 6.41. The quantitative estimate of drug-likeness (QED) is 0.866. The third-order valence-electron chi connectivity index (χ3n) is 3.83. The molecule has 2 unspecified atom stereocenters. The van der Waals surface area contributed by atoms with Crippen LogP contribution in [0, 0.1) is 11.8 Å². The predicted molar refractivity (Wildman–Crippen MR) is 84.6 cm³/mol. The van der Waals surface area contributed by atoms with Crippen molar-refractivity contribution in [2.24, 2.45) is 11.8 Å². The van der Waals surface area contributed by atoms with E-state index in [1.54, 1.807) is 0 Å². The van der Waals surface area contributed by atoms with Crippen molar-refractivity contribution < 1.29 is 14.3 Å². The van der Waals surface area contributed by atoms with Crippen LogP contribution >= 0.6 is 0 Å². The fourth-order valence-corrected chi connectivity index (χ4v) is 2.63. The van der Waals surface area contributed by atoms with Crippen LogP contribution < -0.4 is 15.4 Å². The fourth-order valence-electron chi connectivity index (χ4n) is 2.63. The van der Waals surface area contributed by atoms with Gasteiger partial charge in [0.05, 0.1) is 6.61 Å². The lowest BCUT2D eigenvalue weighted by atomic mass is 9.96. The number of hydrogen-bond donors (Lipinski definition) is 2. The van der Waals surface area contributed by atoms with Gasteiger partial charge in [0.15, 0.2) is 0 Å². The Morgan fingerprint density at radius 3 is 2.73 bits per heavy atom. The molecule has 2 atom stereocenters. The maximum absolute atomic E-state index is 12.2. The molecule has 0 aromatic heterocycles. The van der Waals surface area contributed by atoms with Gasteiger partial charge in [-0.1, -0.05) is 32.0 Å². The van der Waals surface area contributed by atoms with E-state index in [0.29, 0.717) is 13.2 Å². The van der Waals surface area contributed by atoms with Crippen molar-refractivity contribution in [1.82, 2.24) is 10.6 Å². The van der Waals surface area contributed by atoms with Crippen molar-refractivity contribution in [1.29, 1.82) is 0 Å². The normalized spacial score (nSPS) is 18.1. The molecule has 22 heavy (non-hydrogen) atoms. The first kappa shape index (κ1) is 16.3. The Labute approximate surface area is 131 Å². The highest BCUT2D eigenvalue weighted by Crippen LogP contribution is 2.26.